The Morgan fingerprint density at radius 3 is 2.45 bits per heavy atom. The molecule has 0 radical (unpaired) electrons. The molecule has 20 heavy (non-hydrogen) atoms. The van der Waals surface area contributed by atoms with Gasteiger partial charge in [-0.2, -0.15) is 0 Å². The molecule has 0 heterocycles. The summed E-state index contributed by atoms with van der Waals surface area (Å²) in [4.78, 5) is 24.8. The highest BCUT2D eigenvalue weighted by molar-refractivity contribution is 5.87. The van der Waals surface area contributed by atoms with Gasteiger partial charge in [-0.25, -0.2) is 4.79 Å². The molecule has 0 spiro atoms. The summed E-state index contributed by atoms with van der Waals surface area (Å²) in [6.45, 7) is 5.98. The smallest absolute Gasteiger partial charge is 0.413 e. The van der Waals surface area contributed by atoms with Gasteiger partial charge in [-0.15, -0.1) is 0 Å². The van der Waals surface area contributed by atoms with Crippen LogP contribution in [0.5, 0.6) is 0 Å². The Morgan fingerprint density at radius 2 is 1.85 bits per heavy atom. The summed E-state index contributed by atoms with van der Waals surface area (Å²) in [5.74, 6) is -0.645. The molecule has 0 aliphatic carbocycles. The zero-order valence-electron chi connectivity index (χ0n) is 12.4. The van der Waals surface area contributed by atoms with Crippen LogP contribution in [-0.4, -0.2) is 32.3 Å². The number of amides is 1. The highest BCUT2D eigenvalue weighted by Crippen LogP contribution is 2.22. The van der Waals surface area contributed by atoms with Crippen molar-refractivity contribution in [2.24, 2.45) is 0 Å². The van der Waals surface area contributed by atoms with Crippen LogP contribution in [0, 0.1) is 0 Å². The lowest BCUT2D eigenvalue weighted by atomic mass is 10.0. The van der Waals surface area contributed by atoms with Crippen LogP contribution < -0.4 is 4.90 Å². The van der Waals surface area contributed by atoms with Gasteiger partial charge in [0.05, 0.1) is 19.1 Å². The maximum Gasteiger partial charge on any atom is 0.413 e. The van der Waals surface area contributed by atoms with Crippen molar-refractivity contribution in [3.8, 4) is 0 Å². The molecule has 0 N–H and O–H groups in total. The van der Waals surface area contributed by atoms with E-state index < -0.39 is 6.09 Å². The van der Waals surface area contributed by atoms with E-state index in [0.717, 1.165) is 5.56 Å². The Bertz CT molecular complexity index is 433. The molecule has 1 aromatic carbocycles. The number of nitrogens with zero attached hydrogens (tertiary/aromatic N) is 1. The van der Waals surface area contributed by atoms with Crippen LogP contribution in [0.3, 0.4) is 0 Å². The fourth-order valence-electron chi connectivity index (χ4n) is 1.73. The lowest BCUT2D eigenvalue weighted by Gasteiger charge is -2.18. The van der Waals surface area contributed by atoms with Gasteiger partial charge in [0.25, 0.3) is 0 Å². The van der Waals surface area contributed by atoms with Gasteiger partial charge in [0.1, 0.15) is 0 Å². The van der Waals surface area contributed by atoms with Crippen molar-refractivity contribution >= 4 is 17.7 Å². The van der Waals surface area contributed by atoms with Crippen molar-refractivity contribution < 1.29 is 19.1 Å². The van der Waals surface area contributed by atoms with Gasteiger partial charge in [-0.1, -0.05) is 12.1 Å². The first-order valence-electron chi connectivity index (χ1n) is 6.68. The van der Waals surface area contributed by atoms with Crippen LogP contribution in [-0.2, 0) is 14.3 Å². The van der Waals surface area contributed by atoms with Crippen molar-refractivity contribution in [1.82, 2.24) is 0 Å². The van der Waals surface area contributed by atoms with Gasteiger partial charge < -0.3 is 9.47 Å². The van der Waals surface area contributed by atoms with Crippen LogP contribution in [0.15, 0.2) is 24.3 Å². The molecular formula is C15H21NO4. The molecule has 1 amide bonds. The molecule has 0 aromatic heterocycles. The molecule has 1 unspecified atom stereocenters. The first-order valence-corrected chi connectivity index (χ1v) is 6.68. The highest BCUT2D eigenvalue weighted by atomic mass is 16.6. The predicted octanol–water partition coefficient (Wildman–Crippen LogP) is 2.95. The third-order valence-corrected chi connectivity index (χ3v) is 2.94. The van der Waals surface area contributed by atoms with Gasteiger partial charge in [-0.3, -0.25) is 9.69 Å². The molecule has 1 atom stereocenters. The molecule has 1 rings (SSSR count). The number of rotatable bonds is 5. The van der Waals surface area contributed by atoms with Gasteiger partial charge in [0.2, 0.25) is 0 Å². The second-order valence-electron chi connectivity index (χ2n) is 4.33. The van der Waals surface area contributed by atoms with E-state index in [9.17, 15) is 9.59 Å². The maximum atomic E-state index is 11.7. The van der Waals surface area contributed by atoms with E-state index in [1.807, 2.05) is 6.07 Å². The summed E-state index contributed by atoms with van der Waals surface area (Å²) < 4.78 is 9.94. The third kappa shape index (κ3) is 3.98. The molecule has 0 fully saturated rings. The standard InChI is InChI=1S/C15H21NO4/c1-5-19-14(17)11(3)12-8-7-9-13(10-12)16(4)15(18)20-6-2/h7-11H,5-6H2,1-4H3. The second-order valence-corrected chi connectivity index (χ2v) is 4.33. The first-order chi connectivity index (χ1) is 9.51. The van der Waals surface area contributed by atoms with Crippen molar-refractivity contribution in [2.75, 3.05) is 25.2 Å². The van der Waals surface area contributed by atoms with E-state index in [2.05, 4.69) is 0 Å². The normalized spacial score (nSPS) is 11.6. The quantitative estimate of drug-likeness (QED) is 0.778. The fourth-order valence-corrected chi connectivity index (χ4v) is 1.73. The molecule has 0 saturated carbocycles. The Kier molecular flexibility index (Phi) is 6.03. The third-order valence-electron chi connectivity index (χ3n) is 2.94. The lowest BCUT2D eigenvalue weighted by Crippen LogP contribution is -2.27. The summed E-state index contributed by atoms with van der Waals surface area (Å²) in [7, 11) is 1.63. The zero-order valence-corrected chi connectivity index (χ0v) is 12.4. The van der Waals surface area contributed by atoms with Gasteiger partial charge in [0.15, 0.2) is 0 Å². The highest BCUT2D eigenvalue weighted by Gasteiger charge is 2.18. The van der Waals surface area contributed by atoms with Gasteiger partial charge in [0, 0.05) is 12.7 Å². The predicted molar refractivity (Wildman–Crippen MR) is 76.9 cm³/mol. The van der Waals surface area contributed by atoms with E-state index >= 15 is 0 Å². The second kappa shape index (κ2) is 7.53. The molecule has 0 aliphatic rings. The van der Waals surface area contributed by atoms with Crippen molar-refractivity contribution in [3.05, 3.63) is 29.8 Å². The van der Waals surface area contributed by atoms with Crippen molar-refractivity contribution in [2.45, 2.75) is 26.7 Å². The van der Waals surface area contributed by atoms with Gasteiger partial charge >= 0.3 is 12.1 Å². The topological polar surface area (TPSA) is 55.8 Å². The molecule has 0 aliphatic heterocycles. The fraction of sp³-hybridized carbons (Fsp3) is 0.467. The summed E-state index contributed by atoms with van der Waals surface area (Å²) in [6.07, 6.45) is -0.423. The summed E-state index contributed by atoms with van der Waals surface area (Å²) >= 11 is 0. The Morgan fingerprint density at radius 1 is 1.20 bits per heavy atom. The van der Waals surface area contributed by atoms with Crippen LogP contribution in [0.2, 0.25) is 0 Å². The van der Waals surface area contributed by atoms with E-state index in [0.29, 0.717) is 18.9 Å². The van der Waals surface area contributed by atoms with Gasteiger partial charge in [-0.05, 0) is 38.5 Å². The summed E-state index contributed by atoms with van der Waals surface area (Å²) in [5.41, 5.74) is 1.48. The monoisotopic (exact) mass is 279 g/mol. The average molecular weight is 279 g/mol. The van der Waals surface area contributed by atoms with Crippen LogP contribution in [0.1, 0.15) is 32.3 Å². The molecular weight excluding hydrogens is 258 g/mol. The molecule has 5 heteroatoms. The number of carbonyl (C=O) groups excluding carboxylic acids is 2. The van der Waals surface area contributed by atoms with E-state index in [4.69, 9.17) is 9.47 Å². The first kappa shape index (κ1) is 16.0. The molecule has 0 saturated heterocycles. The number of benzene rings is 1. The lowest BCUT2D eigenvalue weighted by molar-refractivity contribution is -0.144. The van der Waals surface area contributed by atoms with Crippen molar-refractivity contribution in [1.29, 1.82) is 0 Å². The maximum absolute atomic E-state index is 11.7. The molecule has 110 valence electrons. The Balaban J connectivity index is 2.90. The number of carbonyl (C=O) groups is 2. The van der Waals surface area contributed by atoms with Crippen LogP contribution in [0.4, 0.5) is 10.5 Å². The Labute approximate surface area is 119 Å². The average Bonchev–Trinajstić information content (AvgIpc) is 2.46. The number of hydrogen-bond acceptors (Lipinski definition) is 4. The van der Waals surface area contributed by atoms with Crippen molar-refractivity contribution in [3.63, 3.8) is 0 Å². The number of anilines is 1. The minimum absolute atomic E-state index is 0.275. The largest absolute Gasteiger partial charge is 0.466 e. The molecule has 5 nitrogen and oxygen atoms in total. The summed E-state index contributed by atoms with van der Waals surface area (Å²) in [6, 6.07) is 7.22. The van der Waals surface area contributed by atoms with Crippen LogP contribution in [0.25, 0.3) is 0 Å². The van der Waals surface area contributed by atoms with E-state index in [1.54, 1.807) is 46.0 Å². The minimum atomic E-state index is -0.423. The summed E-state index contributed by atoms with van der Waals surface area (Å²) in [5, 5.41) is 0. The number of hydrogen-bond donors (Lipinski definition) is 0. The molecule has 1 aromatic rings. The number of ether oxygens (including phenoxy) is 2. The van der Waals surface area contributed by atoms with E-state index in [1.165, 1.54) is 4.90 Å². The molecule has 0 bridgehead atoms. The zero-order chi connectivity index (χ0) is 15.1. The Hall–Kier alpha value is -2.04. The minimum Gasteiger partial charge on any atom is -0.466 e. The SMILES string of the molecule is CCOC(=O)C(C)c1cccc(N(C)C(=O)OCC)c1. The van der Waals surface area contributed by atoms with Crippen LogP contribution >= 0.6 is 0 Å². The number of esters is 1. The van der Waals surface area contributed by atoms with E-state index in [-0.39, 0.29) is 11.9 Å².